The molecule has 2 aromatic rings. The first-order chi connectivity index (χ1) is 17.7. The zero-order chi connectivity index (χ0) is 26.6. The van der Waals surface area contributed by atoms with Gasteiger partial charge in [0.2, 0.25) is 0 Å². The smallest absolute Gasteiger partial charge is 0.418 e. The number of anilines is 2. The molecule has 2 aliphatic rings. The maximum atomic E-state index is 14.1. The number of nitrogens with one attached hydrogen (secondary N) is 1. The molecule has 1 amide bonds. The van der Waals surface area contributed by atoms with E-state index >= 15 is 0 Å². The van der Waals surface area contributed by atoms with Gasteiger partial charge in [-0.1, -0.05) is 30.3 Å². The number of benzene rings is 2. The van der Waals surface area contributed by atoms with Crippen molar-refractivity contribution in [2.24, 2.45) is 0 Å². The third-order valence-electron chi connectivity index (χ3n) is 6.51. The first-order valence-electron chi connectivity index (χ1n) is 11.9. The Kier molecular flexibility index (Phi) is 8.03. The molecule has 37 heavy (non-hydrogen) atoms. The Morgan fingerprint density at radius 1 is 1.08 bits per heavy atom. The molecule has 0 bridgehead atoms. The second-order valence-electron chi connectivity index (χ2n) is 8.90. The Bertz CT molecular complexity index is 1160. The Hall–Kier alpha value is -3.57. The van der Waals surface area contributed by atoms with Gasteiger partial charge in [-0.05, 0) is 23.8 Å². The highest BCUT2D eigenvalue weighted by Gasteiger charge is 2.38. The number of hydrogen-bond acceptors (Lipinski definition) is 7. The summed E-state index contributed by atoms with van der Waals surface area (Å²) in [6, 6.07) is 13.9. The van der Waals surface area contributed by atoms with E-state index in [1.54, 1.807) is 6.07 Å². The highest BCUT2D eigenvalue weighted by molar-refractivity contribution is 6.08. The lowest BCUT2D eigenvalue weighted by molar-refractivity contribution is -0.137. The van der Waals surface area contributed by atoms with Crippen LogP contribution in [0.15, 0.2) is 59.8 Å². The molecule has 0 atom stereocenters. The molecule has 0 unspecified atom stereocenters. The standard InChI is InChI=1S/C26H29F3N4O4/c1-37-25(36)20-17-33(13-14-34)24(35)23(20)30-22-8-7-19(15-21(22)26(27,28)29)32-11-9-31(10-12-32)16-18-5-3-2-4-6-18/h2-8,15,30,34H,9-14,16-17H2,1H3. The first-order valence-corrected chi connectivity index (χ1v) is 11.9. The lowest BCUT2D eigenvalue weighted by Crippen LogP contribution is -2.46. The third kappa shape index (κ3) is 6.05. The monoisotopic (exact) mass is 518 g/mol. The third-order valence-corrected chi connectivity index (χ3v) is 6.51. The van der Waals surface area contributed by atoms with Crippen molar-refractivity contribution in [1.82, 2.24) is 9.80 Å². The maximum absolute atomic E-state index is 14.1. The van der Waals surface area contributed by atoms with Gasteiger partial charge in [0.25, 0.3) is 5.91 Å². The Morgan fingerprint density at radius 2 is 1.78 bits per heavy atom. The topological polar surface area (TPSA) is 85.4 Å². The number of esters is 1. The second kappa shape index (κ2) is 11.2. The quantitative estimate of drug-likeness (QED) is 0.520. The average molecular weight is 519 g/mol. The van der Waals surface area contributed by atoms with Gasteiger partial charge in [0, 0.05) is 45.0 Å². The van der Waals surface area contributed by atoms with E-state index in [1.807, 2.05) is 35.2 Å². The number of rotatable bonds is 8. The van der Waals surface area contributed by atoms with Crippen LogP contribution in [-0.2, 0) is 27.0 Å². The van der Waals surface area contributed by atoms with E-state index in [-0.39, 0.29) is 36.7 Å². The summed E-state index contributed by atoms with van der Waals surface area (Å²) >= 11 is 0. The van der Waals surface area contributed by atoms with Crippen molar-refractivity contribution >= 4 is 23.3 Å². The van der Waals surface area contributed by atoms with Crippen molar-refractivity contribution < 1.29 is 32.6 Å². The summed E-state index contributed by atoms with van der Waals surface area (Å²) in [7, 11) is 1.13. The Balaban J connectivity index is 1.53. The number of ether oxygens (including phenoxy) is 1. The predicted molar refractivity (Wildman–Crippen MR) is 132 cm³/mol. The molecule has 0 aliphatic carbocycles. The van der Waals surface area contributed by atoms with E-state index < -0.39 is 23.6 Å². The minimum absolute atomic E-state index is 0.0637. The average Bonchev–Trinajstić information content (AvgIpc) is 3.19. The molecule has 198 valence electrons. The Morgan fingerprint density at radius 3 is 2.41 bits per heavy atom. The molecule has 1 fully saturated rings. The van der Waals surface area contributed by atoms with Crippen molar-refractivity contribution in [3.05, 3.63) is 70.9 Å². The van der Waals surface area contributed by atoms with Crippen molar-refractivity contribution in [3.63, 3.8) is 0 Å². The fourth-order valence-electron chi connectivity index (χ4n) is 4.56. The molecule has 0 radical (unpaired) electrons. The number of β-amino-alcohol motifs (C(OH)–C–C–N with tert-alkyl or cyclic N) is 1. The van der Waals surface area contributed by atoms with Crippen molar-refractivity contribution in [3.8, 4) is 0 Å². The molecule has 2 N–H and O–H groups in total. The number of amides is 1. The summed E-state index contributed by atoms with van der Waals surface area (Å²) in [5, 5.41) is 11.7. The molecule has 2 aliphatic heterocycles. The summed E-state index contributed by atoms with van der Waals surface area (Å²) in [5.41, 5.74) is -0.0402. The zero-order valence-electron chi connectivity index (χ0n) is 20.4. The summed E-state index contributed by atoms with van der Waals surface area (Å²) < 4.78 is 47.0. The number of alkyl halides is 3. The van der Waals surface area contributed by atoms with E-state index in [2.05, 4.69) is 10.2 Å². The normalized spacial score (nSPS) is 16.9. The van der Waals surface area contributed by atoms with Crippen LogP contribution in [0.25, 0.3) is 0 Å². The number of halogens is 3. The highest BCUT2D eigenvalue weighted by atomic mass is 19.4. The van der Waals surface area contributed by atoms with Crippen LogP contribution in [0, 0.1) is 0 Å². The number of carbonyl (C=O) groups excluding carboxylic acids is 2. The predicted octanol–water partition coefficient (Wildman–Crippen LogP) is 2.70. The van der Waals surface area contributed by atoms with Crippen LogP contribution < -0.4 is 10.2 Å². The summed E-state index contributed by atoms with van der Waals surface area (Å²) in [6.45, 7) is 2.76. The van der Waals surface area contributed by atoms with Crippen LogP contribution in [0.3, 0.4) is 0 Å². The molecule has 11 heteroatoms. The molecule has 0 aromatic heterocycles. The van der Waals surface area contributed by atoms with Gasteiger partial charge in [-0.2, -0.15) is 13.2 Å². The molecule has 0 saturated carbocycles. The fourth-order valence-corrected chi connectivity index (χ4v) is 4.56. The molecule has 2 heterocycles. The van der Waals surface area contributed by atoms with Gasteiger partial charge in [-0.25, -0.2) is 4.79 Å². The minimum atomic E-state index is -4.70. The highest BCUT2D eigenvalue weighted by Crippen LogP contribution is 2.39. The zero-order valence-corrected chi connectivity index (χ0v) is 20.4. The lowest BCUT2D eigenvalue weighted by Gasteiger charge is -2.36. The molecule has 2 aromatic carbocycles. The van der Waals surface area contributed by atoms with Crippen LogP contribution in [0.4, 0.5) is 24.5 Å². The van der Waals surface area contributed by atoms with Crippen molar-refractivity contribution in [2.45, 2.75) is 12.7 Å². The van der Waals surface area contributed by atoms with Gasteiger partial charge in [0.05, 0.1) is 37.1 Å². The summed E-state index contributed by atoms with van der Waals surface area (Å²) in [4.78, 5) is 30.3. The van der Waals surface area contributed by atoms with Gasteiger partial charge in [0.15, 0.2) is 0 Å². The van der Waals surface area contributed by atoms with Crippen LogP contribution in [-0.4, -0.2) is 79.8 Å². The lowest BCUT2D eigenvalue weighted by atomic mass is 10.1. The Labute approximate surface area is 212 Å². The molecule has 0 spiro atoms. The van der Waals surface area contributed by atoms with Gasteiger partial charge in [0.1, 0.15) is 5.70 Å². The van der Waals surface area contributed by atoms with E-state index in [4.69, 9.17) is 4.74 Å². The SMILES string of the molecule is COC(=O)C1=C(Nc2ccc(N3CCN(Cc4ccccc4)CC3)cc2C(F)(F)F)C(=O)N(CCO)C1. The fraction of sp³-hybridized carbons (Fsp3) is 0.385. The van der Waals surface area contributed by atoms with Gasteiger partial charge in [-0.3, -0.25) is 9.69 Å². The summed E-state index contributed by atoms with van der Waals surface area (Å²) in [5.74, 6) is -1.50. The van der Waals surface area contributed by atoms with E-state index in [9.17, 15) is 27.9 Å². The number of nitrogens with zero attached hydrogens (tertiary/aromatic N) is 3. The van der Waals surface area contributed by atoms with Gasteiger partial charge >= 0.3 is 12.1 Å². The largest absolute Gasteiger partial charge is 0.466 e. The molecule has 4 rings (SSSR count). The van der Waals surface area contributed by atoms with E-state index in [1.165, 1.54) is 16.5 Å². The molecular weight excluding hydrogens is 489 g/mol. The molecule has 1 saturated heterocycles. The number of aliphatic hydroxyl groups is 1. The number of aliphatic hydroxyl groups excluding tert-OH is 1. The van der Waals surface area contributed by atoms with Crippen molar-refractivity contribution in [2.75, 3.05) is 63.2 Å². The molecular formula is C26H29F3N4O4. The first kappa shape index (κ1) is 26.5. The van der Waals surface area contributed by atoms with E-state index in [0.717, 1.165) is 19.7 Å². The van der Waals surface area contributed by atoms with Gasteiger partial charge in [-0.15, -0.1) is 0 Å². The van der Waals surface area contributed by atoms with E-state index in [0.29, 0.717) is 31.9 Å². The molecule has 8 nitrogen and oxygen atoms in total. The number of hydrogen-bond donors (Lipinski definition) is 2. The van der Waals surface area contributed by atoms with Crippen LogP contribution in [0.5, 0.6) is 0 Å². The van der Waals surface area contributed by atoms with Crippen LogP contribution >= 0.6 is 0 Å². The number of methoxy groups -OCH3 is 1. The van der Waals surface area contributed by atoms with Crippen LogP contribution in [0.1, 0.15) is 11.1 Å². The van der Waals surface area contributed by atoms with Crippen molar-refractivity contribution in [1.29, 1.82) is 0 Å². The number of carbonyl (C=O) groups is 2. The summed E-state index contributed by atoms with van der Waals surface area (Å²) in [6.07, 6.45) is -4.70. The minimum Gasteiger partial charge on any atom is -0.466 e. The number of piperazine rings is 1. The van der Waals surface area contributed by atoms with Crippen LogP contribution in [0.2, 0.25) is 0 Å². The maximum Gasteiger partial charge on any atom is 0.418 e. The second-order valence-corrected chi connectivity index (χ2v) is 8.90. The van der Waals surface area contributed by atoms with Gasteiger partial charge < -0.3 is 25.0 Å².